The van der Waals surface area contributed by atoms with E-state index in [0.717, 1.165) is 19.5 Å². The van der Waals surface area contributed by atoms with Gasteiger partial charge in [-0.1, -0.05) is 29.3 Å². The Bertz CT molecular complexity index is 592. The summed E-state index contributed by atoms with van der Waals surface area (Å²) in [6.07, 6.45) is 0.896. The fourth-order valence-electron chi connectivity index (χ4n) is 3.11. The van der Waals surface area contributed by atoms with Crippen LogP contribution in [0.5, 0.6) is 0 Å². The Kier molecular flexibility index (Phi) is 6.75. The summed E-state index contributed by atoms with van der Waals surface area (Å²) in [7, 11) is 0. The molecule has 132 valence electrons. The Morgan fingerprint density at radius 2 is 1.62 bits per heavy atom. The predicted octanol–water partition coefficient (Wildman–Crippen LogP) is 2.31. The quantitative estimate of drug-likeness (QED) is 0.840. The van der Waals surface area contributed by atoms with Gasteiger partial charge < -0.3 is 15.1 Å². The van der Waals surface area contributed by atoms with E-state index in [9.17, 15) is 9.59 Å². The number of hydrogen-bond acceptors (Lipinski definition) is 3. The lowest BCUT2D eigenvalue weighted by molar-refractivity contribution is -0.136. The van der Waals surface area contributed by atoms with Crippen LogP contribution in [0.2, 0.25) is 10.0 Å². The van der Waals surface area contributed by atoms with Crippen molar-refractivity contribution < 1.29 is 9.59 Å². The topological polar surface area (TPSA) is 52.7 Å². The van der Waals surface area contributed by atoms with E-state index in [2.05, 4.69) is 5.32 Å². The zero-order valence-corrected chi connectivity index (χ0v) is 15.5. The summed E-state index contributed by atoms with van der Waals surface area (Å²) in [6.45, 7) is 3.79. The largest absolute Gasteiger partial charge is 0.339 e. The minimum Gasteiger partial charge on any atom is -0.339 e. The third-order valence-electron chi connectivity index (χ3n) is 4.46. The maximum absolute atomic E-state index is 12.6. The van der Waals surface area contributed by atoms with Gasteiger partial charge in [-0.3, -0.25) is 9.59 Å². The van der Waals surface area contributed by atoms with Gasteiger partial charge in [0.25, 0.3) is 5.91 Å². The summed E-state index contributed by atoms with van der Waals surface area (Å²) in [4.78, 5) is 28.6. The molecule has 2 aliphatic heterocycles. The maximum atomic E-state index is 12.6. The maximum Gasteiger partial charge on any atom is 0.257 e. The minimum absolute atomic E-state index is 0. The lowest BCUT2D eigenvalue weighted by Crippen LogP contribution is -2.52. The first-order valence-corrected chi connectivity index (χ1v) is 8.56. The summed E-state index contributed by atoms with van der Waals surface area (Å²) < 4.78 is 0. The molecule has 2 fully saturated rings. The van der Waals surface area contributed by atoms with Crippen LogP contribution in [0.4, 0.5) is 0 Å². The first-order chi connectivity index (χ1) is 11.1. The highest BCUT2D eigenvalue weighted by atomic mass is 35.5. The van der Waals surface area contributed by atoms with Crippen molar-refractivity contribution in [1.29, 1.82) is 0 Å². The molecule has 8 heteroatoms. The Hall–Kier alpha value is -1.01. The van der Waals surface area contributed by atoms with Crippen molar-refractivity contribution in [2.24, 2.45) is 5.92 Å². The number of nitrogens with one attached hydrogen (secondary N) is 1. The lowest BCUT2D eigenvalue weighted by atomic mass is 10.1. The van der Waals surface area contributed by atoms with E-state index in [1.165, 1.54) is 0 Å². The number of hydrogen-bond donors (Lipinski definition) is 1. The molecule has 1 unspecified atom stereocenters. The third kappa shape index (κ3) is 3.97. The number of carbonyl (C=O) groups is 2. The first-order valence-electron chi connectivity index (χ1n) is 7.80. The van der Waals surface area contributed by atoms with Gasteiger partial charge in [0.05, 0.1) is 21.5 Å². The first kappa shape index (κ1) is 19.3. The predicted molar refractivity (Wildman–Crippen MR) is 97.2 cm³/mol. The molecule has 0 spiro atoms. The van der Waals surface area contributed by atoms with Gasteiger partial charge in [-0.2, -0.15) is 0 Å². The van der Waals surface area contributed by atoms with E-state index in [1.54, 1.807) is 23.1 Å². The van der Waals surface area contributed by atoms with Crippen LogP contribution < -0.4 is 5.32 Å². The second-order valence-corrected chi connectivity index (χ2v) is 6.72. The molecule has 1 aromatic rings. The van der Waals surface area contributed by atoms with Gasteiger partial charge >= 0.3 is 0 Å². The van der Waals surface area contributed by atoms with Crippen LogP contribution in [0.1, 0.15) is 16.8 Å². The van der Waals surface area contributed by atoms with Gasteiger partial charge in [0, 0.05) is 32.7 Å². The van der Waals surface area contributed by atoms with Crippen LogP contribution in [0, 0.1) is 5.92 Å². The molecular formula is C16H20Cl3N3O2. The SMILES string of the molecule is Cl.O=C(c1c(Cl)cccc1Cl)N1CCN(C(=O)C2CCNC2)CC1. The van der Waals surface area contributed by atoms with Crippen LogP contribution in [0.25, 0.3) is 0 Å². The summed E-state index contributed by atoms with van der Waals surface area (Å²) in [5, 5.41) is 3.93. The molecular weight excluding hydrogens is 373 g/mol. The van der Waals surface area contributed by atoms with Crippen LogP contribution >= 0.6 is 35.6 Å². The van der Waals surface area contributed by atoms with Crippen LogP contribution in [-0.4, -0.2) is 60.9 Å². The summed E-state index contributed by atoms with van der Waals surface area (Å²) in [5.41, 5.74) is 0.343. The fraction of sp³-hybridized carbons (Fsp3) is 0.500. The minimum atomic E-state index is -0.171. The van der Waals surface area contributed by atoms with Gasteiger partial charge in [-0.05, 0) is 25.1 Å². The van der Waals surface area contributed by atoms with Crippen molar-refractivity contribution in [2.45, 2.75) is 6.42 Å². The standard InChI is InChI=1S/C16H19Cl2N3O2.ClH/c17-12-2-1-3-13(18)14(12)16(23)21-8-6-20(7-9-21)15(22)11-4-5-19-10-11;/h1-3,11,19H,4-10H2;1H. The highest BCUT2D eigenvalue weighted by Crippen LogP contribution is 2.26. The molecule has 1 aromatic carbocycles. The highest BCUT2D eigenvalue weighted by molar-refractivity contribution is 6.39. The molecule has 2 aliphatic rings. The Morgan fingerprint density at radius 3 is 2.17 bits per heavy atom. The molecule has 0 bridgehead atoms. The molecule has 1 atom stereocenters. The second kappa shape index (κ2) is 8.39. The van der Waals surface area contributed by atoms with Crippen LogP contribution in [0.15, 0.2) is 18.2 Å². The average Bonchev–Trinajstić information content (AvgIpc) is 3.08. The molecule has 0 aliphatic carbocycles. The third-order valence-corrected chi connectivity index (χ3v) is 5.09. The molecule has 0 aromatic heterocycles. The van der Waals surface area contributed by atoms with E-state index >= 15 is 0 Å². The van der Waals surface area contributed by atoms with Crippen molar-refractivity contribution in [3.63, 3.8) is 0 Å². The average molecular weight is 393 g/mol. The Labute approximate surface area is 157 Å². The molecule has 1 N–H and O–H groups in total. The summed E-state index contributed by atoms with van der Waals surface area (Å²) in [5.74, 6) is 0.100. The van der Waals surface area contributed by atoms with Crippen LogP contribution in [0.3, 0.4) is 0 Å². The van der Waals surface area contributed by atoms with Crippen molar-refractivity contribution in [2.75, 3.05) is 39.3 Å². The van der Waals surface area contributed by atoms with E-state index in [-0.39, 0.29) is 30.1 Å². The molecule has 2 amide bonds. The zero-order chi connectivity index (χ0) is 16.4. The smallest absolute Gasteiger partial charge is 0.257 e. The summed E-state index contributed by atoms with van der Waals surface area (Å²) in [6, 6.07) is 5.04. The molecule has 2 heterocycles. The number of piperazine rings is 1. The van der Waals surface area contributed by atoms with Crippen LogP contribution in [-0.2, 0) is 4.79 Å². The van der Waals surface area contributed by atoms with Gasteiger partial charge in [0.15, 0.2) is 0 Å². The monoisotopic (exact) mass is 391 g/mol. The van der Waals surface area contributed by atoms with Crippen molar-refractivity contribution in [3.05, 3.63) is 33.8 Å². The van der Waals surface area contributed by atoms with E-state index in [4.69, 9.17) is 23.2 Å². The molecule has 24 heavy (non-hydrogen) atoms. The van der Waals surface area contributed by atoms with Gasteiger partial charge in [-0.25, -0.2) is 0 Å². The van der Waals surface area contributed by atoms with Gasteiger partial charge in [0.2, 0.25) is 5.91 Å². The lowest BCUT2D eigenvalue weighted by Gasteiger charge is -2.36. The van der Waals surface area contributed by atoms with E-state index in [1.807, 2.05) is 4.90 Å². The number of amides is 2. The molecule has 3 rings (SSSR count). The Balaban J connectivity index is 0.00000208. The highest BCUT2D eigenvalue weighted by Gasteiger charge is 2.31. The zero-order valence-electron chi connectivity index (χ0n) is 13.1. The fourth-order valence-corrected chi connectivity index (χ4v) is 3.67. The number of carbonyl (C=O) groups excluding carboxylic acids is 2. The molecule has 0 radical (unpaired) electrons. The number of nitrogens with zero attached hydrogens (tertiary/aromatic N) is 2. The number of rotatable bonds is 2. The van der Waals surface area contributed by atoms with Gasteiger partial charge in [0.1, 0.15) is 0 Å². The normalized spacial score (nSPS) is 20.7. The Morgan fingerprint density at radius 1 is 1.04 bits per heavy atom. The second-order valence-electron chi connectivity index (χ2n) is 5.90. The van der Waals surface area contributed by atoms with Gasteiger partial charge in [-0.15, -0.1) is 12.4 Å². The number of benzene rings is 1. The molecule has 2 saturated heterocycles. The van der Waals surface area contributed by atoms with E-state index in [0.29, 0.717) is 41.8 Å². The van der Waals surface area contributed by atoms with Crippen molar-refractivity contribution in [3.8, 4) is 0 Å². The number of halogens is 3. The summed E-state index contributed by atoms with van der Waals surface area (Å²) >= 11 is 12.2. The van der Waals surface area contributed by atoms with E-state index < -0.39 is 0 Å². The van der Waals surface area contributed by atoms with Crippen molar-refractivity contribution in [1.82, 2.24) is 15.1 Å². The molecule has 5 nitrogen and oxygen atoms in total. The molecule has 0 saturated carbocycles. The van der Waals surface area contributed by atoms with Crippen molar-refractivity contribution >= 4 is 47.4 Å².